The predicted molar refractivity (Wildman–Crippen MR) is 102 cm³/mol. The predicted octanol–water partition coefficient (Wildman–Crippen LogP) is 2.71. The van der Waals surface area contributed by atoms with Crippen molar-refractivity contribution in [2.75, 3.05) is 38.2 Å². The van der Waals surface area contributed by atoms with Crippen LogP contribution in [-0.4, -0.2) is 54.1 Å². The molecule has 0 radical (unpaired) electrons. The maximum atomic E-state index is 12.8. The molecule has 1 amide bonds. The number of hydrogen-bond acceptors (Lipinski definition) is 5. The fraction of sp³-hybridized carbons (Fsp3) is 0.450. The van der Waals surface area contributed by atoms with Crippen LogP contribution in [0.5, 0.6) is 5.75 Å². The van der Waals surface area contributed by atoms with Gasteiger partial charge in [-0.1, -0.05) is 6.92 Å². The van der Waals surface area contributed by atoms with Gasteiger partial charge in [0.25, 0.3) is 5.91 Å². The van der Waals surface area contributed by atoms with Gasteiger partial charge >= 0.3 is 0 Å². The quantitative estimate of drug-likeness (QED) is 0.845. The Balaban J connectivity index is 1.69. The van der Waals surface area contributed by atoms with Gasteiger partial charge in [0, 0.05) is 43.5 Å². The van der Waals surface area contributed by atoms with Crippen molar-refractivity contribution in [3.05, 3.63) is 47.4 Å². The summed E-state index contributed by atoms with van der Waals surface area (Å²) in [6, 6.07) is 9.37. The minimum atomic E-state index is 0.0719. The molecule has 0 N–H and O–H groups in total. The maximum Gasteiger partial charge on any atom is 0.253 e. The number of aromatic nitrogens is 2. The Morgan fingerprint density at radius 1 is 1.12 bits per heavy atom. The second-order valence-corrected chi connectivity index (χ2v) is 6.48. The maximum absolute atomic E-state index is 12.8. The SMILES string of the molecule is CCc1cc(N2CCCN(C(=O)c3ccc(OC)cc3)CC2)nc(C)n1. The number of rotatable bonds is 4. The molecule has 138 valence electrons. The van der Waals surface area contributed by atoms with Crippen molar-refractivity contribution >= 4 is 11.7 Å². The fourth-order valence-electron chi connectivity index (χ4n) is 3.22. The molecule has 0 atom stereocenters. The zero-order valence-corrected chi connectivity index (χ0v) is 15.7. The summed E-state index contributed by atoms with van der Waals surface area (Å²) >= 11 is 0. The highest BCUT2D eigenvalue weighted by Crippen LogP contribution is 2.18. The van der Waals surface area contributed by atoms with Crippen molar-refractivity contribution < 1.29 is 9.53 Å². The number of methoxy groups -OCH3 is 1. The standard InChI is InChI=1S/C20H26N4O2/c1-4-17-14-19(22-15(2)21-17)23-10-5-11-24(13-12-23)20(25)16-6-8-18(26-3)9-7-16/h6-9,14H,4-5,10-13H2,1-3H3. The summed E-state index contributed by atoms with van der Waals surface area (Å²) in [5, 5.41) is 0. The highest BCUT2D eigenvalue weighted by molar-refractivity contribution is 5.94. The van der Waals surface area contributed by atoms with Crippen LogP contribution in [0, 0.1) is 6.92 Å². The van der Waals surface area contributed by atoms with Crippen LogP contribution in [-0.2, 0) is 6.42 Å². The summed E-state index contributed by atoms with van der Waals surface area (Å²) in [4.78, 5) is 26.0. The Kier molecular flexibility index (Phi) is 5.71. The first-order valence-corrected chi connectivity index (χ1v) is 9.13. The molecular weight excluding hydrogens is 328 g/mol. The van der Waals surface area contributed by atoms with Gasteiger partial charge in [-0.3, -0.25) is 4.79 Å². The molecule has 1 aliphatic heterocycles. The molecule has 2 aromatic rings. The van der Waals surface area contributed by atoms with Crippen LogP contribution >= 0.6 is 0 Å². The van der Waals surface area contributed by atoms with E-state index in [1.807, 2.05) is 36.1 Å². The van der Waals surface area contributed by atoms with E-state index in [9.17, 15) is 4.79 Å². The van der Waals surface area contributed by atoms with Crippen molar-refractivity contribution in [2.45, 2.75) is 26.7 Å². The molecule has 26 heavy (non-hydrogen) atoms. The van der Waals surface area contributed by atoms with E-state index in [0.717, 1.165) is 55.6 Å². The summed E-state index contributed by atoms with van der Waals surface area (Å²) in [5.41, 5.74) is 1.76. The number of hydrogen-bond donors (Lipinski definition) is 0. The van der Waals surface area contributed by atoms with E-state index in [0.29, 0.717) is 12.1 Å². The highest BCUT2D eigenvalue weighted by Gasteiger charge is 2.21. The fourth-order valence-corrected chi connectivity index (χ4v) is 3.22. The van der Waals surface area contributed by atoms with Crippen molar-refractivity contribution in [1.29, 1.82) is 0 Å². The molecule has 1 saturated heterocycles. The third-order valence-electron chi connectivity index (χ3n) is 4.68. The van der Waals surface area contributed by atoms with Gasteiger partial charge < -0.3 is 14.5 Å². The Morgan fingerprint density at radius 2 is 1.88 bits per heavy atom. The summed E-state index contributed by atoms with van der Waals surface area (Å²) in [7, 11) is 1.62. The topological polar surface area (TPSA) is 58.6 Å². The molecule has 1 aromatic carbocycles. The van der Waals surface area contributed by atoms with Gasteiger partial charge in [-0.15, -0.1) is 0 Å². The lowest BCUT2D eigenvalue weighted by atomic mass is 10.2. The molecule has 1 aliphatic rings. The molecule has 6 heteroatoms. The second-order valence-electron chi connectivity index (χ2n) is 6.48. The molecule has 0 spiro atoms. The first-order valence-electron chi connectivity index (χ1n) is 9.13. The van der Waals surface area contributed by atoms with E-state index in [4.69, 9.17) is 4.74 Å². The Bertz CT molecular complexity index is 761. The van der Waals surface area contributed by atoms with Gasteiger partial charge in [0.2, 0.25) is 0 Å². The monoisotopic (exact) mass is 354 g/mol. The molecule has 1 fully saturated rings. The Labute approximate surface area is 154 Å². The van der Waals surface area contributed by atoms with E-state index in [1.165, 1.54) is 0 Å². The minimum Gasteiger partial charge on any atom is -0.497 e. The van der Waals surface area contributed by atoms with Gasteiger partial charge in [0.15, 0.2) is 0 Å². The number of carbonyl (C=O) groups excluding carboxylic acids is 1. The normalized spacial score (nSPS) is 14.9. The number of amides is 1. The molecule has 1 aromatic heterocycles. The molecule has 0 aliphatic carbocycles. The molecule has 0 saturated carbocycles. The lowest BCUT2D eigenvalue weighted by molar-refractivity contribution is 0.0767. The van der Waals surface area contributed by atoms with E-state index in [2.05, 4.69) is 27.9 Å². The number of carbonyl (C=O) groups is 1. The minimum absolute atomic E-state index is 0.0719. The molecule has 2 heterocycles. The van der Waals surface area contributed by atoms with E-state index in [-0.39, 0.29) is 5.91 Å². The van der Waals surface area contributed by atoms with Gasteiger partial charge in [-0.2, -0.15) is 0 Å². The van der Waals surface area contributed by atoms with E-state index < -0.39 is 0 Å². The number of anilines is 1. The molecule has 6 nitrogen and oxygen atoms in total. The molecule has 0 bridgehead atoms. The van der Waals surface area contributed by atoms with Crippen molar-refractivity contribution in [2.24, 2.45) is 0 Å². The van der Waals surface area contributed by atoms with Crippen LogP contribution in [0.3, 0.4) is 0 Å². The van der Waals surface area contributed by atoms with E-state index >= 15 is 0 Å². The van der Waals surface area contributed by atoms with Crippen LogP contribution in [0.2, 0.25) is 0 Å². The van der Waals surface area contributed by atoms with Gasteiger partial charge in [-0.25, -0.2) is 9.97 Å². The molecule has 0 unspecified atom stereocenters. The third kappa shape index (κ3) is 4.12. The zero-order valence-electron chi connectivity index (χ0n) is 15.7. The summed E-state index contributed by atoms with van der Waals surface area (Å²) in [5.74, 6) is 2.60. The number of nitrogens with zero attached hydrogens (tertiary/aromatic N) is 4. The smallest absolute Gasteiger partial charge is 0.253 e. The largest absolute Gasteiger partial charge is 0.497 e. The summed E-state index contributed by atoms with van der Waals surface area (Å²) in [6.07, 6.45) is 1.82. The van der Waals surface area contributed by atoms with Gasteiger partial charge in [0.05, 0.1) is 7.11 Å². The molecule has 3 rings (SSSR count). The lowest BCUT2D eigenvalue weighted by Crippen LogP contribution is -2.35. The van der Waals surface area contributed by atoms with Crippen LogP contribution in [0.25, 0.3) is 0 Å². The van der Waals surface area contributed by atoms with Gasteiger partial charge in [-0.05, 0) is 44.0 Å². The molecular formula is C20H26N4O2. The van der Waals surface area contributed by atoms with E-state index in [1.54, 1.807) is 7.11 Å². The number of aryl methyl sites for hydroxylation is 2. The van der Waals surface area contributed by atoms with Gasteiger partial charge in [0.1, 0.15) is 17.4 Å². The van der Waals surface area contributed by atoms with Crippen molar-refractivity contribution in [3.63, 3.8) is 0 Å². The Hall–Kier alpha value is -2.63. The average Bonchev–Trinajstić information content (AvgIpc) is 2.93. The first kappa shape index (κ1) is 18.2. The summed E-state index contributed by atoms with van der Waals surface area (Å²) in [6.45, 7) is 7.15. The lowest BCUT2D eigenvalue weighted by Gasteiger charge is -2.23. The van der Waals surface area contributed by atoms with Crippen LogP contribution < -0.4 is 9.64 Å². The van der Waals surface area contributed by atoms with Crippen LogP contribution in [0.15, 0.2) is 30.3 Å². The zero-order chi connectivity index (χ0) is 18.5. The van der Waals surface area contributed by atoms with Crippen molar-refractivity contribution in [3.8, 4) is 5.75 Å². The average molecular weight is 354 g/mol. The Morgan fingerprint density at radius 3 is 2.58 bits per heavy atom. The van der Waals surface area contributed by atoms with Crippen LogP contribution in [0.1, 0.15) is 35.2 Å². The van der Waals surface area contributed by atoms with Crippen molar-refractivity contribution in [1.82, 2.24) is 14.9 Å². The summed E-state index contributed by atoms with van der Waals surface area (Å²) < 4.78 is 5.16. The second kappa shape index (κ2) is 8.17. The first-order chi connectivity index (χ1) is 12.6. The third-order valence-corrected chi connectivity index (χ3v) is 4.68. The van der Waals surface area contributed by atoms with Crippen LogP contribution in [0.4, 0.5) is 5.82 Å². The number of ether oxygens (including phenoxy) is 1. The highest BCUT2D eigenvalue weighted by atomic mass is 16.5. The number of benzene rings is 1.